The summed E-state index contributed by atoms with van der Waals surface area (Å²) in [4.78, 5) is 23.6. The van der Waals surface area contributed by atoms with Crippen molar-refractivity contribution in [1.82, 2.24) is 0 Å². The van der Waals surface area contributed by atoms with Crippen molar-refractivity contribution in [2.24, 2.45) is 0 Å². The van der Waals surface area contributed by atoms with Crippen molar-refractivity contribution >= 4 is 11.6 Å². The number of hydrogen-bond donors (Lipinski definition) is 0. The second-order valence-electron chi connectivity index (χ2n) is 6.69. The number of halogens is 4. The number of carbonyl (C=O) groups is 2. The van der Waals surface area contributed by atoms with Crippen LogP contribution in [0.5, 0.6) is 0 Å². The minimum Gasteiger partial charge on any atom is -0.289 e. The highest BCUT2D eigenvalue weighted by molar-refractivity contribution is 6.09. The summed E-state index contributed by atoms with van der Waals surface area (Å²) in [7, 11) is 0. The Hall–Kier alpha value is -4.06. The maximum Gasteiger partial charge on any atom is 0.193 e. The highest BCUT2D eigenvalue weighted by atomic mass is 19.1. The van der Waals surface area contributed by atoms with Crippen molar-refractivity contribution in [2.75, 3.05) is 0 Å². The van der Waals surface area contributed by atoms with Crippen LogP contribution in [0.3, 0.4) is 0 Å². The molecule has 0 aromatic heterocycles. The van der Waals surface area contributed by atoms with Crippen molar-refractivity contribution in [3.8, 4) is 0 Å². The minimum absolute atomic E-state index is 0.250. The first kappa shape index (κ1) is 22.6. The van der Waals surface area contributed by atoms with Crippen molar-refractivity contribution in [3.63, 3.8) is 0 Å². The predicted octanol–water partition coefficient (Wildman–Crippen LogP) is 6.39. The number of rotatable bonds is 4. The Morgan fingerprint density at radius 3 is 0.656 bits per heavy atom. The van der Waals surface area contributed by atoms with Gasteiger partial charge in [-0.15, -0.1) is 0 Å². The van der Waals surface area contributed by atoms with Gasteiger partial charge in [-0.25, -0.2) is 17.6 Å². The quantitative estimate of drug-likeness (QED) is 0.274. The zero-order valence-corrected chi connectivity index (χ0v) is 16.6. The van der Waals surface area contributed by atoms with Crippen molar-refractivity contribution in [3.05, 3.63) is 143 Å². The van der Waals surface area contributed by atoms with Crippen LogP contribution < -0.4 is 0 Å². The molecule has 0 heterocycles. The summed E-state index contributed by atoms with van der Waals surface area (Å²) in [5.74, 6) is -2.07. The van der Waals surface area contributed by atoms with Gasteiger partial charge >= 0.3 is 0 Å². The molecule has 4 rings (SSSR count). The third kappa shape index (κ3) is 5.98. The lowest BCUT2D eigenvalue weighted by molar-refractivity contribution is 0.103. The lowest BCUT2D eigenvalue weighted by Crippen LogP contribution is -2.01. The monoisotopic (exact) mass is 436 g/mol. The lowest BCUT2D eigenvalue weighted by atomic mass is 10.0. The fraction of sp³-hybridized carbons (Fsp3) is 0. The molecule has 0 fully saturated rings. The van der Waals surface area contributed by atoms with Crippen LogP contribution in [0.15, 0.2) is 97.1 Å². The molecular formula is C26H16F4O2. The highest BCUT2D eigenvalue weighted by Gasteiger charge is 2.09. The minimum atomic E-state index is -0.393. The summed E-state index contributed by atoms with van der Waals surface area (Å²) in [5.41, 5.74) is 1.53. The molecule has 0 unspecified atom stereocenters. The van der Waals surface area contributed by atoms with Crippen molar-refractivity contribution in [1.29, 1.82) is 0 Å². The van der Waals surface area contributed by atoms with Crippen LogP contribution in [-0.2, 0) is 0 Å². The molecule has 6 heteroatoms. The molecule has 0 bridgehead atoms. The molecule has 0 aliphatic rings. The number of benzene rings is 4. The Labute approximate surface area is 181 Å². The largest absolute Gasteiger partial charge is 0.289 e. The lowest BCUT2D eigenvalue weighted by Gasteiger charge is -2.00. The first-order valence-electron chi connectivity index (χ1n) is 9.45. The third-order valence-electron chi connectivity index (χ3n) is 4.43. The molecule has 0 aliphatic heterocycles. The summed E-state index contributed by atoms with van der Waals surface area (Å²) in [6.07, 6.45) is 0. The van der Waals surface area contributed by atoms with Gasteiger partial charge in [-0.3, -0.25) is 9.59 Å². The van der Waals surface area contributed by atoms with Crippen LogP contribution in [-0.4, -0.2) is 11.6 Å². The molecule has 4 aromatic carbocycles. The van der Waals surface area contributed by atoms with E-state index < -0.39 is 23.3 Å². The summed E-state index contributed by atoms with van der Waals surface area (Å²) < 4.78 is 50.6. The van der Waals surface area contributed by atoms with Crippen LogP contribution in [0.25, 0.3) is 0 Å². The number of carbonyl (C=O) groups excluding carboxylic acids is 2. The van der Waals surface area contributed by atoms with E-state index in [1.165, 1.54) is 97.1 Å². The zero-order valence-electron chi connectivity index (χ0n) is 16.6. The summed E-state index contributed by atoms with van der Waals surface area (Å²) in [5, 5.41) is 0. The average Bonchev–Trinajstić information content (AvgIpc) is 2.81. The van der Waals surface area contributed by atoms with Crippen LogP contribution in [0.4, 0.5) is 17.6 Å². The molecule has 0 atom stereocenters. The van der Waals surface area contributed by atoms with Gasteiger partial charge in [0.1, 0.15) is 23.3 Å². The third-order valence-corrected chi connectivity index (χ3v) is 4.43. The van der Waals surface area contributed by atoms with Crippen LogP contribution in [0.1, 0.15) is 31.8 Å². The van der Waals surface area contributed by atoms with E-state index in [0.29, 0.717) is 22.3 Å². The molecule has 160 valence electrons. The molecular weight excluding hydrogens is 420 g/mol. The second-order valence-corrected chi connectivity index (χ2v) is 6.69. The molecule has 2 nitrogen and oxygen atoms in total. The van der Waals surface area contributed by atoms with E-state index >= 15 is 0 Å². The number of ketones is 2. The maximum atomic E-state index is 12.6. The Kier molecular flexibility index (Phi) is 7.29. The molecule has 0 radical (unpaired) electrons. The van der Waals surface area contributed by atoms with E-state index in [0.717, 1.165) is 0 Å². The Morgan fingerprint density at radius 2 is 0.500 bits per heavy atom. The summed E-state index contributed by atoms with van der Waals surface area (Å²) >= 11 is 0. The van der Waals surface area contributed by atoms with Crippen LogP contribution in [0, 0.1) is 23.3 Å². The molecule has 0 saturated heterocycles. The number of hydrogen-bond acceptors (Lipinski definition) is 2. The summed E-state index contributed by atoms with van der Waals surface area (Å²) in [6, 6.07) is 21.0. The van der Waals surface area contributed by atoms with Gasteiger partial charge in [-0.2, -0.15) is 0 Å². The van der Waals surface area contributed by atoms with E-state index in [2.05, 4.69) is 0 Å². The molecule has 4 aromatic rings. The smallest absolute Gasteiger partial charge is 0.193 e. The van der Waals surface area contributed by atoms with E-state index in [4.69, 9.17) is 0 Å². The Balaban J connectivity index is 0.000000181. The average molecular weight is 436 g/mol. The van der Waals surface area contributed by atoms with E-state index in [-0.39, 0.29) is 11.6 Å². The Morgan fingerprint density at radius 1 is 0.344 bits per heavy atom. The first-order chi connectivity index (χ1) is 15.3. The fourth-order valence-corrected chi connectivity index (χ4v) is 2.74. The molecule has 0 amide bonds. The second kappa shape index (κ2) is 10.3. The van der Waals surface area contributed by atoms with Gasteiger partial charge in [0, 0.05) is 22.3 Å². The van der Waals surface area contributed by atoms with E-state index in [1.54, 1.807) is 0 Å². The van der Waals surface area contributed by atoms with Crippen molar-refractivity contribution < 1.29 is 27.2 Å². The van der Waals surface area contributed by atoms with Gasteiger partial charge in [0.2, 0.25) is 0 Å². The predicted molar refractivity (Wildman–Crippen MR) is 112 cm³/mol. The topological polar surface area (TPSA) is 34.1 Å². The molecule has 0 aliphatic carbocycles. The van der Waals surface area contributed by atoms with Gasteiger partial charge < -0.3 is 0 Å². The maximum absolute atomic E-state index is 12.6. The molecule has 32 heavy (non-hydrogen) atoms. The van der Waals surface area contributed by atoms with Gasteiger partial charge in [0.15, 0.2) is 11.6 Å². The zero-order chi connectivity index (χ0) is 23.1. The first-order valence-corrected chi connectivity index (χ1v) is 9.45. The van der Waals surface area contributed by atoms with Gasteiger partial charge in [0.25, 0.3) is 0 Å². The van der Waals surface area contributed by atoms with E-state index in [1.807, 2.05) is 0 Å². The molecule has 0 N–H and O–H groups in total. The van der Waals surface area contributed by atoms with Gasteiger partial charge in [-0.05, 0) is 97.1 Å². The van der Waals surface area contributed by atoms with Crippen LogP contribution >= 0.6 is 0 Å². The standard InChI is InChI=1S/2C13H8F2O/c2*14-11-5-1-9(2-6-11)13(16)10-3-7-12(15)8-4-10/h2*1-8H. The molecule has 0 spiro atoms. The normalized spacial score (nSPS) is 10.1. The summed E-state index contributed by atoms with van der Waals surface area (Å²) in [6.45, 7) is 0. The molecule has 0 saturated carbocycles. The highest BCUT2D eigenvalue weighted by Crippen LogP contribution is 2.12. The van der Waals surface area contributed by atoms with Crippen molar-refractivity contribution in [2.45, 2.75) is 0 Å². The van der Waals surface area contributed by atoms with E-state index in [9.17, 15) is 27.2 Å². The van der Waals surface area contributed by atoms with Gasteiger partial charge in [0.05, 0.1) is 0 Å². The SMILES string of the molecule is O=C(c1ccc(F)cc1)c1ccc(F)cc1.O=C(c1ccc(F)cc1)c1ccc(F)cc1. The van der Waals surface area contributed by atoms with Crippen LogP contribution in [0.2, 0.25) is 0 Å². The Bertz CT molecular complexity index is 1000. The van der Waals surface area contributed by atoms with Gasteiger partial charge in [-0.1, -0.05) is 0 Å². The fourth-order valence-electron chi connectivity index (χ4n) is 2.74.